The first kappa shape index (κ1) is 15.9. The second kappa shape index (κ2) is 10.7. The predicted octanol–water partition coefficient (Wildman–Crippen LogP) is 1.62. The summed E-state index contributed by atoms with van der Waals surface area (Å²) in [5, 5.41) is 3.27. The van der Waals surface area contributed by atoms with Crippen LogP contribution >= 0.6 is 0 Å². The maximum atomic E-state index is 5.58. The molecule has 0 aliphatic rings. The smallest absolute Gasteiger partial charge is 0.213 e. The Kier molecular flexibility index (Phi) is 8.97. The van der Waals surface area contributed by atoms with Crippen molar-refractivity contribution in [3.8, 4) is 5.88 Å². The molecule has 1 N–H and O–H groups in total. The number of ether oxygens (including phenoxy) is 3. The number of rotatable bonds is 11. The Labute approximate surface area is 115 Å². The summed E-state index contributed by atoms with van der Waals surface area (Å²) in [5.74, 6) is 0.673. The zero-order valence-corrected chi connectivity index (χ0v) is 11.9. The standard InChI is InChI=1S/C14H24N2O3/c1-3-15-12-13-5-6-16-14(11-13)19-8-4-7-18-10-9-17-2/h5-6,11,15H,3-4,7-10,12H2,1-2H3. The normalized spacial score (nSPS) is 10.6. The van der Waals surface area contributed by atoms with Crippen LogP contribution in [0, 0.1) is 0 Å². The lowest BCUT2D eigenvalue weighted by Crippen LogP contribution is -2.12. The number of methoxy groups -OCH3 is 1. The van der Waals surface area contributed by atoms with E-state index in [1.807, 2.05) is 12.1 Å². The van der Waals surface area contributed by atoms with E-state index in [1.54, 1.807) is 13.3 Å². The van der Waals surface area contributed by atoms with Crippen LogP contribution in [0.5, 0.6) is 5.88 Å². The molecule has 0 aliphatic heterocycles. The Morgan fingerprint density at radius 3 is 2.89 bits per heavy atom. The maximum Gasteiger partial charge on any atom is 0.213 e. The molecule has 0 atom stereocenters. The van der Waals surface area contributed by atoms with Crippen molar-refractivity contribution >= 4 is 0 Å². The molecule has 0 amide bonds. The van der Waals surface area contributed by atoms with Crippen LogP contribution in [0.2, 0.25) is 0 Å². The van der Waals surface area contributed by atoms with Crippen molar-refractivity contribution in [1.29, 1.82) is 0 Å². The molecule has 0 radical (unpaired) electrons. The van der Waals surface area contributed by atoms with Gasteiger partial charge in [-0.05, 0) is 18.2 Å². The molecule has 1 rings (SSSR count). The molecular weight excluding hydrogens is 244 g/mol. The quantitative estimate of drug-likeness (QED) is 0.618. The number of hydrogen-bond acceptors (Lipinski definition) is 5. The highest BCUT2D eigenvalue weighted by Gasteiger charge is 1.98. The molecule has 0 fully saturated rings. The summed E-state index contributed by atoms with van der Waals surface area (Å²) >= 11 is 0. The van der Waals surface area contributed by atoms with Crippen molar-refractivity contribution < 1.29 is 14.2 Å². The van der Waals surface area contributed by atoms with Crippen molar-refractivity contribution in [2.45, 2.75) is 19.9 Å². The van der Waals surface area contributed by atoms with E-state index in [2.05, 4.69) is 17.2 Å². The third kappa shape index (κ3) is 7.77. The number of pyridine rings is 1. The van der Waals surface area contributed by atoms with Gasteiger partial charge in [0.1, 0.15) is 0 Å². The molecule has 19 heavy (non-hydrogen) atoms. The van der Waals surface area contributed by atoms with Gasteiger partial charge in [0.2, 0.25) is 5.88 Å². The molecule has 1 aromatic heterocycles. The summed E-state index contributed by atoms with van der Waals surface area (Å²) in [5.41, 5.74) is 1.18. The fourth-order valence-corrected chi connectivity index (χ4v) is 1.49. The Balaban J connectivity index is 2.14. The zero-order chi connectivity index (χ0) is 13.8. The van der Waals surface area contributed by atoms with Gasteiger partial charge in [0.15, 0.2) is 0 Å². The fraction of sp³-hybridized carbons (Fsp3) is 0.643. The van der Waals surface area contributed by atoms with E-state index in [4.69, 9.17) is 14.2 Å². The van der Waals surface area contributed by atoms with Crippen LogP contribution in [-0.4, -0.2) is 45.1 Å². The van der Waals surface area contributed by atoms with Crippen LogP contribution < -0.4 is 10.1 Å². The number of nitrogens with one attached hydrogen (secondary N) is 1. The number of aromatic nitrogens is 1. The molecule has 0 bridgehead atoms. The highest BCUT2D eigenvalue weighted by Crippen LogP contribution is 2.09. The summed E-state index contributed by atoms with van der Waals surface area (Å²) in [6.45, 7) is 6.45. The van der Waals surface area contributed by atoms with E-state index in [0.717, 1.165) is 19.5 Å². The molecule has 0 saturated carbocycles. The van der Waals surface area contributed by atoms with Crippen LogP contribution in [0.4, 0.5) is 0 Å². The van der Waals surface area contributed by atoms with Gasteiger partial charge in [0, 0.05) is 38.9 Å². The Morgan fingerprint density at radius 1 is 1.21 bits per heavy atom. The van der Waals surface area contributed by atoms with E-state index in [0.29, 0.717) is 32.3 Å². The average Bonchev–Trinajstić information content (AvgIpc) is 2.44. The van der Waals surface area contributed by atoms with Gasteiger partial charge >= 0.3 is 0 Å². The van der Waals surface area contributed by atoms with Crippen LogP contribution in [0.25, 0.3) is 0 Å². The van der Waals surface area contributed by atoms with Crippen LogP contribution in [0.1, 0.15) is 18.9 Å². The highest BCUT2D eigenvalue weighted by molar-refractivity contribution is 5.20. The zero-order valence-electron chi connectivity index (χ0n) is 11.9. The Morgan fingerprint density at radius 2 is 2.11 bits per heavy atom. The van der Waals surface area contributed by atoms with Gasteiger partial charge in [-0.25, -0.2) is 4.98 Å². The minimum Gasteiger partial charge on any atom is -0.478 e. The molecular formula is C14H24N2O3. The highest BCUT2D eigenvalue weighted by atomic mass is 16.5. The van der Waals surface area contributed by atoms with Crippen molar-refractivity contribution in [2.75, 3.05) is 40.1 Å². The van der Waals surface area contributed by atoms with Crippen molar-refractivity contribution in [1.82, 2.24) is 10.3 Å². The van der Waals surface area contributed by atoms with Gasteiger partial charge in [-0.3, -0.25) is 0 Å². The van der Waals surface area contributed by atoms with Gasteiger partial charge in [0.25, 0.3) is 0 Å². The molecule has 5 heteroatoms. The Hall–Kier alpha value is -1.17. The minimum absolute atomic E-state index is 0.616. The molecule has 0 aliphatic carbocycles. The van der Waals surface area contributed by atoms with E-state index in [-0.39, 0.29) is 0 Å². The van der Waals surface area contributed by atoms with Crippen molar-refractivity contribution in [3.63, 3.8) is 0 Å². The van der Waals surface area contributed by atoms with E-state index < -0.39 is 0 Å². The van der Waals surface area contributed by atoms with E-state index in [1.165, 1.54) is 5.56 Å². The second-order valence-electron chi connectivity index (χ2n) is 4.09. The average molecular weight is 268 g/mol. The molecule has 0 aromatic carbocycles. The summed E-state index contributed by atoms with van der Waals surface area (Å²) in [4.78, 5) is 4.18. The first-order valence-electron chi connectivity index (χ1n) is 6.72. The lowest BCUT2D eigenvalue weighted by Gasteiger charge is -2.07. The summed E-state index contributed by atoms with van der Waals surface area (Å²) < 4.78 is 15.8. The van der Waals surface area contributed by atoms with Gasteiger partial charge in [0.05, 0.1) is 19.8 Å². The minimum atomic E-state index is 0.616. The van der Waals surface area contributed by atoms with Gasteiger partial charge in [-0.2, -0.15) is 0 Å². The molecule has 1 heterocycles. The monoisotopic (exact) mass is 268 g/mol. The first-order chi connectivity index (χ1) is 9.36. The molecule has 0 spiro atoms. The molecule has 108 valence electrons. The third-order valence-electron chi connectivity index (χ3n) is 2.49. The fourth-order valence-electron chi connectivity index (χ4n) is 1.49. The maximum absolute atomic E-state index is 5.58. The summed E-state index contributed by atoms with van der Waals surface area (Å²) in [6.07, 6.45) is 2.62. The summed E-state index contributed by atoms with van der Waals surface area (Å²) in [7, 11) is 1.67. The SMILES string of the molecule is CCNCc1ccnc(OCCCOCCOC)c1. The molecule has 1 aromatic rings. The third-order valence-corrected chi connectivity index (χ3v) is 2.49. The predicted molar refractivity (Wildman–Crippen MR) is 74.4 cm³/mol. The number of hydrogen-bond donors (Lipinski definition) is 1. The van der Waals surface area contributed by atoms with Crippen LogP contribution in [0.15, 0.2) is 18.3 Å². The second-order valence-corrected chi connectivity index (χ2v) is 4.09. The topological polar surface area (TPSA) is 52.6 Å². The van der Waals surface area contributed by atoms with Crippen molar-refractivity contribution in [3.05, 3.63) is 23.9 Å². The lowest BCUT2D eigenvalue weighted by molar-refractivity contribution is 0.0642. The van der Waals surface area contributed by atoms with Gasteiger partial charge < -0.3 is 19.5 Å². The van der Waals surface area contributed by atoms with Gasteiger partial charge in [-0.1, -0.05) is 6.92 Å². The first-order valence-corrected chi connectivity index (χ1v) is 6.72. The number of nitrogens with zero attached hydrogens (tertiary/aromatic N) is 1. The summed E-state index contributed by atoms with van der Waals surface area (Å²) in [6, 6.07) is 3.96. The van der Waals surface area contributed by atoms with E-state index in [9.17, 15) is 0 Å². The Bertz CT molecular complexity index is 334. The molecule has 0 unspecified atom stereocenters. The van der Waals surface area contributed by atoms with Gasteiger partial charge in [-0.15, -0.1) is 0 Å². The van der Waals surface area contributed by atoms with Crippen molar-refractivity contribution in [2.24, 2.45) is 0 Å². The van der Waals surface area contributed by atoms with Crippen LogP contribution in [0.3, 0.4) is 0 Å². The molecule has 5 nitrogen and oxygen atoms in total. The largest absolute Gasteiger partial charge is 0.478 e. The molecule has 0 saturated heterocycles. The van der Waals surface area contributed by atoms with Crippen LogP contribution in [-0.2, 0) is 16.0 Å². The lowest BCUT2D eigenvalue weighted by atomic mass is 10.2. The van der Waals surface area contributed by atoms with E-state index >= 15 is 0 Å².